The van der Waals surface area contributed by atoms with Crippen molar-refractivity contribution in [2.45, 2.75) is 6.92 Å². The van der Waals surface area contributed by atoms with E-state index >= 15 is 0 Å². The van der Waals surface area contributed by atoms with Crippen molar-refractivity contribution in [1.29, 1.82) is 0 Å². The first kappa shape index (κ1) is 11.2. The molecule has 0 saturated carbocycles. The second-order valence-corrected chi connectivity index (χ2v) is 4.21. The molecule has 6 heteroatoms. The van der Waals surface area contributed by atoms with Crippen LogP contribution in [0.2, 0.25) is 0 Å². The molecule has 82 valence electrons. The largest absolute Gasteiger partial charge is 0.372 e. The van der Waals surface area contributed by atoms with E-state index in [1.54, 1.807) is 18.6 Å². The van der Waals surface area contributed by atoms with Crippen LogP contribution in [0, 0.1) is 10.5 Å². The number of hydrogen-bond acceptors (Lipinski definition) is 5. The standard InChI is InChI=1S/C10H10IN5/c1-6-8(11)10(12-2)16-9(15-6)7-5-13-3-4-14-7/h3-5H,1-2H3,(H,12,15,16). The first-order valence-electron chi connectivity index (χ1n) is 4.70. The van der Waals surface area contributed by atoms with Gasteiger partial charge in [-0.3, -0.25) is 4.98 Å². The summed E-state index contributed by atoms with van der Waals surface area (Å²) in [5.74, 6) is 1.41. The molecule has 0 unspecified atom stereocenters. The second kappa shape index (κ2) is 4.69. The van der Waals surface area contributed by atoms with Crippen molar-refractivity contribution >= 4 is 28.4 Å². The Balaban J connectivity index is 2.55. The highest BCUT2D eigenvalue weighted by Crippen LogP contribution is 2.21. The zero-order chi connectivity index (χ0) is 11.5. The van der Waals surface area contributed by atoms with Gasteiger partial charge in [0, 0.05) is 19.4 Å². The van der Waals surface area contributed by atoms with E-state index in [0.717, 1.165) is 15.1 Å². The Hall–Kier alpha value is -1.31. The maximum atomic E-state index is 4.39. The summed E-state index contributed by atoms with van der Waals surface area (Å²) in [4.78, 5) is 17.0. The summed E-state index contributed by atoms with van der Waals surface area (Å²) in [6.45, 7) is 1.95. The summed E-state index contributed by atoms with van der Waals surface area (Å²) in [6.07, 6.45) is 4.91. The average Bonchev–Trinajstić information content (AvgIpc) is 2.33. The van der Waals surface area contributed by atoms with Gasteiger partial charge < -0.3 is 5.32 Å². The molecule has 0 aromatic carbocycles. The molecule has 16 heavy (non-hydrogen) atoms. The molecule has 2 rings (SSSR count). The van der Waals surface area contributed by atoms with E-state index in [1.165, 1.54) is 0 Å². The fraction of sp³-hybridized carbons (Fsp3) is 0.200. The molecule has 0 fully saturated rings. The molecular weight excluding hydrogens is 317 g/mol. The molecule has 0 aliphatic rings. The van der Waals surface area contributed by atoms with Crippen LogP contribution in [0.15, 0.2) is 18.6 Å². The maximum Gasteiger partial charge on any atom is 0.182 e. The highest BCUT2D eigenvalue weighted by atomic mass is 127. The third-order valence-corrected chi connectivity index (χ3v) is 3.34. The van der Waals surface area contributed by atoms with Gasteiger partial charge in [-0.05, 0) is 29.5 Å². The highest BCUT2D eigenvalue weighted by Gasteiger charge is 2.10. The van der Waals surface area contributed by atoms with Crippen molar-refractivity contribution in [3.8, 4) is 11.5 Å². The third kappa shape index (κ3) is 2.11. The Kier molecular flexibility index (Phi) is 3.28. The normalized spacial score (nSPS) is 10.2. The van der Waals surface area contributed by atoms with E-state index < -0.39 is 0 Å². The molecule has 2 aromatic rings. The first-order chi connectivity index (χ1) is 7.72. The zero-order valence-electron chi connectivity index (χ0n) is 8.90. The minimum absolute atomic E-state index is 0.593. The summed E-state index contributed by atoms with van der Waals surface area (Å²) in [7, 11) is 1.84. The summed E-state index contributed by atoms with van der Waals surface area (Å²) >= 11 is 2.22. The topological polar surface area (TPSA) is 63.6 Å². The third-order valence-electron chi connectivity index (χ3n) is 2.05. The van der Waals surface area contributed by atoms with Crippen LogP contribution in [0.4, 0.5) is 5.82 Å². The Morgan fingerprint density at radius 3 is 2.69 bits per heavy atom. The second-order valence-electron chi connectivity index (χ2n) is 3.14. The van der Waals surface area contributed by atoms with Gasteiger partial charge in [0.05, 0.1) is 15.5 Å². The van der Waals surface area contributed by atoms with Gasteiger partial charge in [-0.15, -0.1) is 0 Å². The van der Waals surface area contributed by atoms with Gasteiger partial charge in [0.15, 0.2) is 5.82 Å². The molecule has 5 nitrogen and oxygen atoms in total. The van der Waals surface area contributed by atoms with Crippen LogP contribution < -0.4 is 5.32 Å². The number of aryl methyl sites for hydroxylation is 1. The van der Waals surface area contributed by atoms with Gasteiger partial charge in [0.2, 0.25) is 0 Å². The van der Waals surface area contributed by atoms with Gasteiger partial charge in [0.25, 0.3) is 0 Å². The Labute approximate surface area is 107 Å². The van der Waals surface area contributed by atoms with Crippen molar-refractivity contribution < 1.29 is 0 Å². The van der Waals surface area contributed by atoms with E-state index in [0.29, 0.717) is 11.5 Å². The van der Waals surface area contributed by atoms with Crippen LogP contribution >= 0.6 is 22.6 Å². The lowest BCUT2D eigenvalue weighted by Gasteiger charge is -2.07. The quantitative estimate of drug-likeness (QED) is 0.854. The molecule has 0 aliphatic carbocycles. The minimum atomic E-state index is 0.593. The number of hydrogen-bond donors (Lipinski definition) is 1. The van der Waals surface area contributed by atoms with Gasteiger partial charge in [-0.25, -0.2) is 15.0 Å². The fourth-order valence-electron chi connectivity index (χ4n) is 1.25. The van der Waals surface area contributed by atoms with Gasteiger partial charge in [-0.2, -0.15) is 0 Å². The molecule has 0 bridgehead atoms. The zero-order valence-corrected chi connectivity index (χ0v) is 11.1. The maximum absolute atomic E-state index is 4.39. The van der Waals surface area contributed by atoms with Crippen molar-refractivity contribution in [1.82, 2.24) is 19.9 Å². The van der Waals surface area contributed by atoms with Crippen molar-refractivity contribution in [2.24, 2.45) is 0 Å². The number of halogens is 1. The van der Waals surface area contributed by atoms with E-state index in [1.807, 2.05) is 14.0 Å². The molecule has 0 spiro atoms. The minimum Gasteiger partial charge on any atom is -0.372 e. The number of anilines is 1. The Bertz CT molecular complexity index is 500. The molecular formula is C10H10IN5. The number of nitrogens with zero attached hydrogens (tertiary/aromatic N) is 4. The summed E-state index contributed by atoms with van der Waals surface area (Å²) in [5.41, 5.74) is 1.61. The lowest BCUT2D eigenvalue weighted by molar-refractivity contribution is 1.06. The molecule has 0 amide bonds. The smallest absolute Gasteiger partial charge is 0.182 e. The van der Waals surface area contributed by atoms with Gasteiger partial charge >= 0.3 is 0 Å². The molecule has 0 radical (unpaired) electrons. The molecule has 0 atom stereocenters. The lowest BCUT2D eigenvalue weighted by atomic mass is 10.3. The number of nitrogens with one attached hydrogen (secondary N) is 1. The Morgan fingerprint density at radius 2 is 2.06 bits per heavy atom. The summed E-state index contributed by atoms with van der Waals surface area (Å²) < 4.78 is 1.02. The van der Waals surface area contributed by atoms with Crippen LogP contribution in [-0.4, -0.2) is 27.0 Å². The molecule has 0 saturated heterocycles. The van der Waals surface area contributed by atoms with Crippen LogP contribution in [0.25, 0.3) is 11.5 Å². The fourth-order valence-corrected chi connectivity index (χ4v) is 1.76. The van der Waals surface area contributed by atoms with Crippen LogP contribution in [-0.2, 0) is 0 Å². The number of rotatable bonds is 2. The molecule has 2 heterocycles. The summed E-state index contributed by atoms with van der Waals surface area (Å²) in [5, 5.41) is 3.04. The average molecular weight is 327 g/mol. The first-order valence-corrected chi connectivity index (χ1v) is 5.78. The SMILES string of the molecule is CNc1nc(-c2cnccn2)nc(C)c1I. The van der Waals surface area contributed by atoms with E-state index in [2.05, 4.69) is 47.8 Å². The van der Waals surface area contributed by atoms with Crippen molar-refractivity contribution in [2.75, 3.05) is 12.4 Å². The van der Waals surface area contributed by atoms with Gasteiger partial charge in [-0.1, -0.05) is 0 Å². The Morgan fingerprint density at radius 1 is 1.25 bits per heavy atom. The van der Waals surface area contributed by atoms with E-state index in [9.17, 15) is 0 Å². The summed E-state index contributed by atoms with van der Waals surface area (Å²) in [6, 6.07) is 0. The van der Waals surface area contributed by atoms with Crippen LogP contribution in [0.5, 0.6) is 0 Å². The predicted molar refractivity (Wildman–Crippen MR) is 70.1 cm³/mol. The van der Waals surface area contributed by atoms with Crippen LogP contribution in [0.1, 0.15) is 5.69 Å². The molecule has 2 aromatic heterocycles. The predicted octanol–water partition coefficient (Wildman–Crippen LogP) is 1.89. The van der Waals surface area contributed by atoms with E-state index in [4.69, 9.17) is 0 Å². The molecule has 1 N–H and O–H groups in total. The van der Waals surface area contributed by atoms with E-state index in [-0.39, 0.29) is 0 Å². The van der Waals surface area contributed by atoms with Crippen molar-refractivity contribution in [3.05, 3.63) is 27.9 Å². The monoisotopic (exact) mass is 327 g/mol. The van der Waals surface area contributed by atoms with Crippen molar-refractivity contribution in [3.63, 3.8) is 0 Å². The van der Waals surface area contributed by atoms with Crippen LogP contribution in [0.3, 0.4) is 0 Å². The highest BCUT2D eigenvalue weighted by molar-refractivity contribution is 14.1. The molecule has 0 aliphatic heterocycles. The lowest BCUT2D eigenvalue weighted by Crippen LogP contribution is -2.03. The number of aromatic nitrogens is 4. The van der Waals surface area contributed by atoms with Gasteiger partial charge in [0.1, 0.15) is 11.5 Å².